The molecule has 1 aliphatic heterocycles. The molecule has 2 N–H and O–H groups in total. The number of hydrogen-bond acceptors (Lipinski definition) is 4. The molecule has 1 aromatic carbocycles. The summed E-state index contributed by atoms with van der Waals surface area (Å²) < 4.78 is 10.9. The molecular weight excluding hydrogens is 252 g/mol. The zero-order valence-electron chi connectivity index (χ0n) is 12.8. The maximum atomic E-state index is 6.05. The molecule has 20 heavy (non-hydrogen) atoms. The number of methoxy groups -OCH3 is 2. The van der Waals surface area contributed by atoms with Gasteiger partial charge in [0.1, 0.15) is 0 Å². The molecule has 1 heterocycles. The Morgan fingerprint density at radius 1 is 1.35 bits per heavy atom. The van der Waals surface area contributed by atoms with Crippen LogP contribution in [0.15, 0.2) is 18.2 Å². The van der Waals surface area contributed by atoms with Gasteiger partial charge in [0.25, 0.3) is 0 Å². The third kappa shape index (κ3) is 2.91. The number of para-hydroxylation sites is 1. The van der Waals surface area contributed by atoms with Crippen molar-refractivity contribution in [3.8, 4) is 11.5 Å². The lowest BCUT2D eigenvalue weighted by molar-refractivity contribution is 0.233. The first-order valence-corrected chi connectivity index (χ1v) is 7.40. The van der Waals surface area contributed by atoms with E-state index in [-0.39, 0.29) is 6.04 Å². The Hall–Kier alpha value is -1.26. The van der Waals surface area contributed by atoms with E-state index in [1.165, 1.54) is 12.8 Å². The Labute approximate surface area is 121 Å². The van der Waals surface area contributed by atoms with Crippen molar-refractivity contribution in [1.82, 2.24) is 4.90 Å². The lowest BCUT2D eigenvalue weighted by Gasteiger charge is -2.28. The summed E-state index contributed by atoms with van der Waals surface area (Å²) in [7, 11) is 3.36. The van der Waals surface area contributed by atoms with Crippen molar-refractivity contribution in [2.75, 3.05) is 33.9 Å². The van der Waals surface area contributed by atoms with Crippen LogP contribution in [-0.2, 0) is 0 Å². The Balaban J connectivity index is 2.28. The molecule has 1 aliphatic rings. The molecule has 1 fully saturated rings. The van der Waals surface area contributed by atoms with Gasteiger partial charge in [-0.2, -0.15) is 0 Å². The van der Waals surface area contributed by atoms with Crippen LogP contribution >= 0.6 is 0 Å². The quantitative estimate of drug-likeness (QED) is 0.868. The van der Waals surface area contributed by atoms with Crippen molar-refractivity contribution < 1.29 is 9.47 Å². The number of ether oxygens (including phenoxy) is 2. The lowest BCUT2D eigenvalue weighted by atomic mass is 10.0. The van der Waals surface area contributed by atoms with E-state index in [4.69, 9.17) is 15.2 Å². The van der Waals surface area contributed by atoms with Crippen molar-refractivity contribution in [2.45, 2.75) is 25.8 Å². The third-order valence-electron chi connectivity index (χ3n) is 4.35. The fraction of sp³-hybridized carbons (Fsp3) is 0.625. The highest BCUT2D eigenvalue weighted by molar-refractivity contribution is 5.48. The van der Waals surface area contributed by atoms with Gasteiger partial charge in [0.05, 0.1) is 20.3 Å². The molecule has 4 nitrogen and oxygen atoms in total. The summed E-state index contributed by atoms with van der Waals surface area (Å²) in [5, 5.41) is 0. The van der Waals surface area contributed by atoms with Crippen molar-refractivity contribution in [2.24, 2.45) is 11.7 Å². The fourth-order valence-electron chi connectivity index (χ4n) is 3.13. The van der Waals surface area contributed by atoms with Gasteiger partial charge in [-0.15, -0.1) is 0 Å². The first-order chi connectivity index (χ1) is 9.74. The van der Waals surface area contributed by atoms with Gasteiger partial charge in [-0.25, -0.2) is 0 Å². The van der Waals surface area contributed by atoms with Crippen molar-refractivity contribution in [3.05, 3.63) is 23.8 Å². The van der Waals surface area contributed by atoms with E-state index in [0.717, 1.165) is 36.1 Å². The zero-order valence-corrected chi connectivity index (χ0v) is 12.8. The summed E-state index contributed by atoms with van der Waals surface area (Å²) >= 11 is 0. The molecule has 112 valence electrons. The van der Waals surface area contributed by atoms with Crippen LogP contribution in [-0.4, -0.2) is 38.8 Å². The van der Waals surface area contributed by atoms with Crippen LogP contribution in [0.2, 0.25) is 0 Å². The summed E-state index contributed by atoms with van der Waals surface area (Å²) in [6.45, 7) is 5.09. The Morgan fingerprint density at radius 3 is 2.70 bits per heavy atom. The van der Waals surface area contributed by atoms with E-state index in [1.54, 1.807) is 14.2 Å². The minimum Gasteiger partial charge on any atom is -0.493 e. The Morgan fingerprint density at radius 2 is 2.15 bits per heavy atom. The average Bonchev–Trinajstić information content (AvgIpc) is 2.96. The number of likely N-dealkylation sites (tertiary alicyclic amines) is 1. The maximum absolute atomic E-state index is 6.05. The van der Waals surface area contributed by atoms with Crippen molar-refractivity contribution >= 4 is 0 Å². The summed E-state index contributed by atoms with van der Waals surface area (Å²) in [6.07, 6.45) is 2.50. The molecule has 0 radical (unpaired) electrons. The second-order valence-electron chi connectivity index (χ2n) is 5.39. The number of nitrogens with two attached hydrogens (primary N) is 1. The van der Waals surface area contributed by atoms with Crippen molar-refractivity contribution in [1.29, 1.82) is 0 Å². The van der Waals surface area contributed by atoms with E-state index >= 15 is 0 Å². The smallest absolute Gasteiger partial charge is 0.165 e. The van der Waals surface area contributed by atoms with Gasteiger partial charge in [0.15, 0.2) is 11.5 Å². The first kappa shape index (κ1) is 15.1. The molecule has 0 amide bonds. The van der Waals surface area contributed by atoms with Gasteiger partial charge in [-0.3, -0.25) is 4.90 Å². The van der Waals surface area contributed by atoms with Gasteiger partial charge >= 0.3 is 0 Å². The predicted octanol–water partition coefficient (Wildman–Crippen LogP) is 2.44. The van der Waals surface area contributed by atoms with Crippen LogP contribution in [0.3, 0.4) is 0 Å². The van der Waals surface area contributed by atoms with Gasteiger partial charge in [-0.1, -0.05) is 25.5 Å². The molecule has 0 spiro atoms. The van der Waals surface area contributed by atoms with E-state index in [1.807, 2.05) is 12.1 Å². The monoisotopic (exact) mass is 278 g/mol. The van der Waals surface area contributed by atoms with E-state index in [0.29, 0.717) is 6.54 Å². The van der Waals surface area contributed by atoms with Gasteiger partial charge in [0.2, 0.25) is 0 Å². The summed E-state index contributed by atoms with van der Waals surface area (Å²) in [5.74, 6) is 2.38. The molecule has 0 saturated carbocycles. The second kappa shape index (κ2) is 6.95. The zero-order chi connectivity index (χ0) is 14.5. The van der Waals surface area contributed by atoms with Crippen LogP contribution in [0, 0.1) is 5.92 Å². The molecule has 0 aliphatic carbocycles. The molecule has 2 rings (SSSR count). The molecule has 1 saturated heterocycles. The maximum Gasteiger partial charge on any atom is 0.165 e. The Kier molecular flexibility index (Phi) is 5.26. The van der Waals surface area contributed by atoms with Crippen LogP contribution in [0.4, 0.5) is 0 Å². The van der Waals surface area contributed by atoms with Crippen LogP contribution in [0.5, 0.6) is 11.5 Å². The average molecular weight is 278 g/mol. The van der Waals surface area contributed by atoms with Gasteiger partial charge in [-0.05, 0) is 24.9 Å². The summed E-state index contributed by atoms with van der Waals surface area (Å²) in [6, 6.07) is 6.23. The number of hydrogen-bond donors (Lipinski definition) is 1. The summed E-state index contributed by atoms with van der Waals surface area (Å²) in [5.41, 5.74) is 7.18. The van der Waals surface area contributed by atoms with Crippen LogP contribution in [0.25, 0.3) is 0 Å². The molecule has 4 heteroatoms. The normalized spacial score (nSPS) is 20.9. The highest BCUT2D eigenvalue weighted by Crippen LogP contribution is 2.38. The predicted molar refractivity (Wildman–Crippen MR) is 81.3 cm³/mol. The van der Waals surface area contributed by atoms with Gasteiger partial charge in [0, 0.05) is 18.7 Å². The van der Waals surface area contributed by atoms with Crippen LogP contribution in [0.1, 0.15) is 31.4 Å². The molecule has 2 unspecified atom stereocenters. The largest absolute Gasteiger partial charge is 0.493 e. The molecule has 0 aromatic heterocycles. The van der Waals surface area contributed by atoms with Gasteiger partial charge < -0.3 is 15.2 Å². The van der Waals surface area contributed by atoms with E-state index in [2.05, 4.69) is 17.9 Å². The molecule has 2 atom stereocenters. The van der Waals surface area contributed by atoms with Crippen molar-refractivity contribution in [3.63, 3.8) is 0 Å². The Bertz CT molecular complexity index is 436. The molecular formula is C16H26N2O2. The fourth-order valence-corrected chi connectivity index (χ4v) is 3.13. The number of rotatable bonds is 6. The molecule has 0 bridgehead atoms. The topological polar surface area (TPSA) is 47.7 Å². The minimum absolute atomic E-state index is 0.205. The highest BCUT2D eigenvalue weighted by atomic mass is 16.5. The molecule has 1 aromatic rings. The first-order valence-electron chi connectivity index (χ1n) is 7.40. The second-order valence-corrected chi connectivity index (χ2v) is 5.39. The standard InChI is InChI=1S/C16H26N2O2/c1-4-12-8-9-18(11-12)14(10-17)13-6-5-7-15(19-2)16(13)20-3/h5-7,12,14H,4,8-11,17H2,1-3H3. The summed E-state index contributed by atoms with van der Waals surface area (Å²) in [4.78, 5) is 2.48. The highest BCUT2D eigenvalue weighted by Gasteiger charge is 2.29. The van der Waals surface area contributed by atoms with Crippen LogP contribution < -0.4 is 15.2 Å². The number of benzene rings is 1. The van der Waals surface area contributed by atoms with E-state index in [9.17, 15) is 0 Å². The third-order valence-corrected chi connectivity index (χ3v) is 4.35. The lowest BCUT2D eigenvalue weighted by Crippen LogP contribution is -2.32. The minimum atomic E-state index is 0.205. The number of nitrogens with zero attached hydrogens (tertiary/aromatic N) is 1. The SMILES string of the molecule is CCC1CCN(C(CN)c2cccc(OC)c2OC)C1. The van der Waals surface area contributed by atoms with E-state index < -0.39 is 0 Å².